The Kier molecular flexibility index (Phi) is 9.98. The number of carboxylic acid groups (broad SMARTS) is 1. The number of carboxylic acids is 1. The standard InChI is InChI=1S/C27H28FNO4S/c1-32-24-11-8-20(9-12-24)5-2-3-16-33-26-14-10-23(29-25(26)13-15-27(30)31)19-34-18-21-6-4-7-22(28)17-21/h4,6-15,17H,2-3,5,16,18-19H2,1H3,(H,30,31)/b15-13+. The van der Waals surface area contributed by atoms with Crippen molar-refractivity contribution in [1.29, 1.82) is 0 Å². The van der Waals surface area contributed by atoms with Crippen LogP contribution in [-0.4, -0.2) is 29.8 Å². The smallest absolute Gasteiger partial charge is 0.328 e. The van der Waals surface area contributed by atoms with Gasteiger partial charge in [-0.05, 0) is 72.9 Å². The van der Waals surface area contributed by atoms with Gasteiger partial charge in [0.15, 0.2) is 0 Å². The highest BCUT2D eigenvalue weighted by Crippen LogP contribution is 2.23. The lowest BCUT2D eigenvalue weighted by molar-refractivity contribution is -0.131. The number of methoxy groups -OCH3 is 1. The number of hydrogen-bond acceptors (Lipinski definition) is 5. The van der Waals surface area contributed by atoms with Crippen LogP contribution in [0.3, 0.4) is 0 Å². The number of unbranched alkanes of at least 4 members (excludes halogenated alkanes) is 1. The molecule has 0 radical (unpaired) electrons. The van der Waals surface area contributed by atoms with Crippen LogP contribution in [0.25, 0.3) is 6.08 Å². The third-order valence-electron chi connectivity index (χ3n) is 5.01. The minimum absolute atomic E-state index is 0.247. The third kappa shape index (κ3) is 8.56. The van der Waals surface area contributed by atoms with E-state index < -0.39 is 5.97 Å². The molecule has 0 saturated carbocycles. The number of nitrogens with zero attached hydrogens (tertiary/aromatic N) is 1. The first-order chi connectivity index (χ1) is 16.5. The number of rotatable bonds is 13. The van der Waals surface area contributed by atoms with E-state index in [4.69, 9.17) is 14.6 Å². The Morgan fingerprint density at radius 1 is 1.06 bits per heavy atom. The lowest BCUT2D eigenvalue weighted by atomic mass is 10.1. The number of aromatic nitrogens is 1. The molecular formula is C27H28FNO4S. The van der Waals surface area contributed by atoms with Crippen LogP contribution < -0.4 is 9.47 Å². The van der Waals surface area contributed by atoms with Gasteiger partial charge >= 0.3 is 5.97 Å². The second kappa shape index (κ2) is 13.4. The van der Waals surface area contributed by atoms with E-state index in [2.05, 4.69) is 17.1 Å². The van der Waals surface area contributed by atoms with Gasteiger partial charge in [0.1, 0.15) is 23.0 Å². The summed E-state index contributed by atoms with van der Waals surface area (Å²) in [7, 11) is 1.65. The minimum Gasteiger partial charge on any atom is -0.497 e. The quantitative estimate of drug-likeness (QED) is 0.233. The fraction of sp³-hybridized carbons (Fsp3) is 0.259. The molecule has 3 rings (SSSR count). The van der Waals surface area contributed by atoms with Gasteiger partial charge in [-0.25, -0.2) is 14.2 Å². The number of halogens is 1. The van der Waals surface area contributed by atoms with Gasteiger partial charge in [0.05, 0.1) is 19.4 Å². The maximum Gasteiger partial charge on any atom is 0.328 e. The molecule has 0 unspecified atom stereocenters. The van der Waals surface area contributed by atoms with Crippen molar-refractivity contribution in [3.8, 4) is 11.5 Å². The summed E-state index contributed by atoms with van der Waals surface area (Å²) < 4.78 is 24.4. The number of benzene rings is 2. The summed E-state index contributed by atoms with van der Waals surface area (Å²) in [5.41, 5.74) is 3.44. The monoisotopic (exact) mass is 481 g/mol. The highest BCUT2D eigenvalue weighted by molar-refractivity contribution is 7.97. The summed E-state index contributed by atoms with van der Waals surface area (Å²) in [5, 5.41) is 9.01. The third-order valence-corrected chi connectivity index (χ3v) is 6.05. The topological polar surface area (TPSA) is 68.7 Å². The van der Waals surface area contributed by atoms with Crippen molar-refractivity contribution in [3.63, 3.8) is 0 Å². The van der Waals surface area contributed by atoms with E-state index in [0.717, 1.165) is 42.3 Å². The number of ether oxygens (including phenoxy) is 2. The second-order valence-corrected chi connectivity index (χ2v) is 8.62. The molecule has 0 saturated heterocycles. The van der Waals surface area contributed by atoms with Crippen molar-refractivity contribution < 1.29 is 23.8 Å². The maximum atomic E-state index is 13.3. The summed E-state index contributed by atoms with van der Waals surface area (Å²) in [4.78, 5) is 15.6. The van der Waals surface area contributed by atoms with Crippen LogP contribution in [0, 0.1) is 5.82 Å². The summed E-state index contributed by atoms with van der Waals surface area (Å²) in [6.07, 6.45) is 5.28. The van der Waals surface area contributed by atoms with Crippen molar-refractivity contribution >= 4 is 23.8 Å². The first kappa shape index (κ1) is 25.3. The molecule has 1 N–H and O–H groups in total. The summed E-state index contributed by atoms with van der Waals surface area (Å²) in [5.74, 6) is 1.39. The van der Waals surface area contributed by atoms with Crippen molar-refractivity contribution in [2.75, 3.05) is 13.7 Å². The predicted octanol–water partition coefficient (Wildman–Crippen LogP) is 6.16. The molecule has 1 aromatic heterocycles. The first-order valence-corrected chi connectivity index (χ1v) is 12.2. The normalized spacial score (nSPS) is 11.0. The van der Waals surface area contributed by atoms with Crippen LogP contribution in [0.5, 0.6) is 11.5 Å². The van der Waals surface area contributed by atoms with Crippen LogP contribution in [0.4, 0.5) is 4.39 Å². The van der Waals surface area contributed by atoms with Gasteiger partial charge < -0.3 is 14.6 Å². The molecule has 1 heterocycles. The van der Waals surface area contributed by atoms with E-state index in [9.17, 15) is 9.18 Å². The highest BCUT2D eigenvalue weighted by atomic mass is 32.2. The predicted molar refractivity (Wildman–Crippen MR) is 134 cm³/mol. The van der Waals surface area contributed by atoms with Crippen LogP contribution in [0.15, 0.2) is 66.7 Å². The Morgan fingerprint density at radius 3 is 2.62 bits per heavy atom. The molecule has 0 atom stereocenters. The number of carbonyl (C=O) groups is 1. The average molecular weight is 482 g/mol. The zero-order chi connectivity index (χ0) is 24.2. The molecule has 5 nitrogen and oxygen atoms in total. The molecule has 2 aromatic carbocycles. The Labute approximate surface area is 203 Å². The van der Waals surface area contributed by atoms with Gasteiger partial charge in [0.25, 0.3) is 0 Å². The first-order valence-electron chi connectivity index (χ1n) is 11.0. The molecule has 7 heteroatoms. The molecule has 3 aromatic rings. The average Bonchev–Trinajstić information content (AvgIpc) is 2.84. The highest BCUT2D eigenvalue weighted by Gasteiger charge is 2.07. The lowest BCUT2D eigenvalue weighted by Gasteiger charge is -2.11. The van der Waals surface area contributed by atoms with E-state index in [1.165, 1.54) is 23.8 Å². The van der Waals surface area contributed by atoms with Crippen molar-refractivity contribution in [2.45, 2.75) is 30.8 Å². The van der Waals surface area contributed by atoms with E-state index in [1.54, 1.807) is 24.9 Å². The van der Waals surface area contributed by atoms with E-state index in [-0.39, 0.29) is 5.82 Å². The summed E-state index contributed by atoms with van der Waals surface area (Å²) in [6.45, 7) is 0.513. The molecule has 0 aliphatic carbocycles. The lowest BCUT2D eigenvalue weighted by Crippen LogP contribution is -2.02. The second-order valence-electron chi connectivity index (χ2n) is 7.63. The molecule has 0 aliphatic rings. The molecule has 0 spiro atoms. The van der Waals surface area contributed by atoms with Gasteiger partial charge in [0, 0.05) is 17.6 Å². The van der Waals surface area contributed by atoms with Crippen molar-refractivity contribution in [2.24, 2.45) is 0 Å². The zero-order valence-corrected chi connectivity index (χ0v) is 19.9. The van der Waals surface area contributed by atoms with Crippen LogP contribution >= 0.6 is 11.8 Å². The Hall–Kier alpha value is -3.32. The SMILES string of the molecule is COc1ccc(CCCCOc2ccc(CSCc3cccc(F)c3)nc2/C=C/C(=O)O)cc1. The van der Waals surface area contributed by atoms with Gasteiger partial charge in [-0.2, -0.15) is 11.8 Å². The van der Waals surface area contributed by atoms with Gasteiger partial charge in [-0.15, -0.1) is 0 Å². The molecule has 0 aliphatic heterocycles. The summed E-state index contributed by atoms with van der Waals surface area (Å²) in [6, 6.07) is 18.3. The Bertz CT molecular complexity index is 1100. The molecule has 0 amide bonds. The Morgan fingerprint density at radius 2 is 1.88 bits per heavy atom. The minimum atomic E-state index is -1.04. The zero-order valence-electron chi connectivity index (χ0n) is 19.1. The number of pyridine rings is 1. The van der Waals surface area contributed by atoms with E-state index in [1.807, 2.05) is 30.3 Å². The number of thioether (sulfide) groups is 1. The number of aliphatic carboxylic acids is 1. The molecule has 34 heavy (non-hydrogen) atoms. The van der Waals surface area contributed by atoms with Crippen molar-refractivity contribution in [1.82, 2.24) is 4.98 Å². The largest absolute Gasteiger partial charge is 0.497 e. The van der Waals surface area contributed by atoms with Gasteiger partial charge in [-0.1, -0.05) is 24.3 Å². The summed E-state index contributed by atoms with van der Waals surface area (Å²) >= 11 is 1.61. The molecule has 178 valence electrons. The molecule has 0 fully saturated rings. The van der Waals surface area contributed by atoms with Gasteiger partial charge in [-0.3, -0.25) is 0 Å². The van der Waals surface area contributed by atoms with Crippen LogP contribution in [0.1, 0.15) is 35.4 Å². The van der Waals surface area contributed by atoms with Crippen LogP contribution in [-0.2, 0) is 22.7 Å². The fourth-order valence-electron chi connectivity index (χ4n) is 3.28. The Balaban J connectivity index is 1.52. The number of hydrogen-bond donors (Lipinski definition) is 1. The van der Waals surface area contributed by atoms with Gasteiger partial charge in [0.2, 0.25) is 0 Å². The maximum absolute atomic E-state index is 13.3. The van der Waals surface area contributed by atoms with E-state index >= 15 is 0 Å². The molecule has 0 bridgehead atoms. The van der Waals surface area contributed by atoms with Crippen molar-refractivity contribution in [3.05, 3.63) is 95.1 Å². The molecular weight excluding hydrogens is 453 g/mol. The number of aryl methyl sites for hydroxylation is 1. The van der Waals surface area contributed by atoms with Crippen LogP contribution in [0.2, 0.25) is 0 Å². The fourth-order valence-corrected chi connectivity index (χ4v) is 4.17. The van der Waals surface area contributed by atoms with E-state index in [0.29, 0.717) is 29.6 Å².